The largest absolute Gasteiger partial charge is 0.340 e. The van der Waals surface area contributed by atoms with E-state index in [0.29, 0.717) is 15.8 Å². The molecule has 0 spiro atoms. The molecule has 0 saturated carbocycles. The topological polar surface area (TPSA) is 49.4 Å². The van der Waals surface area contributed by atoms with Crippen LogP contribution < -0.4 is 5.32 Å². The molecule has 0 aromatic carbocycles. The molecule has 2 rings (SSSR count). The molecular weight excluding hydrogens is 328 g/mol. The summed E-state index contributed by atoms with van der Waals surface area (Å²) in [5, 5.41) is 4.54. The second-order valence-corrected chi connectivity index (χ2v) is 7.32. The number of hydrogen-bond donors (Lipinski definition) is 1. The lowest BCUT2D eigenvalue weighted by Gasteiger charge is -2.21. The third-order valence-corrected chi connectivity index (χ3v) is 4.95. The Morgan fingerprint density at radius 2 is 2.14 bits per heavy atom. The summed E-state index contributed by atoms with van der Waals surface area (Å²) in [5.41, 5.74) is 0. The molecule has 2 amide bonds. The van der Waals surface area contributed by atoms with Gasteiger partial charge in [0.2, 0.25) is 5.91 Å². The van der Waals surface area contributed by atoms with E-state index in [2.05, 4.69) is 5.32 Å². The van der Waals surface area contributed by atoms with Crippen LogP contribution in [0.5, 0.6) is 0 Å². The number of amides is 2. The third kappa shape index (κ3) is 4.30. The molecule has 0 aliphatic rings. The summed E-state index contributed by atoms with van der Waals surface area (Å²) >= 11 is 8.66. The van der Waals surface area contributed by atoms with Gasteiger partial charge in [0, 0.05) is 11.9 Å². The molecule has 1 atom stereocenters. The van der Waals surface area contributed by atoms with Gasteiger partial charge in [-0.1, -0.05) is 17.7 Å². The van der Waals surface area contributed by atoms with E-state index in [1.54, 1.807) is 31.0 Å². The van der Waals surface area contributed by atoms with Crippen molar-refractivity contribution in [2.45, 2.75) is 19.5 Å². The first-order chi connectivity index (χ1) is 9.97. The van der Waals surface area contributed by atoms with E-state index in [1.165, 1.54) is 22.7 Å². The van der Waals surface area contributed by atoms with Crippen molar-refractivity contribution in [3.8, 4) is 0 Å². The predicted octanol–water partition coefficient (Wildman–Crippen LogP) is 3.24. The number of nitrogens with zero attached hydrogens (tertiary/aromatic N) is 1. The molecule has 2 heterocycles. The molecule has 0 saturated heterocycles. The Balaban J connectivity index is 1.90. The number of likely N-dealkylation sites (N-methyl/N-ethyl adjacent to an activating group) is 1. The van der Waals surface area contributed by atoms with Gasteiger partial charge in [0.15, 0.2) is 0 Å². The maximum Gasteiger partial charge on any atom is 0.261 e. The summed E-state index contributed by atoms with van der Waals surface area (Å²) in [5.74, 6) is -0.358. The van der Waals surface area contributed by atoms with Gasteiger partial charge < -0.3 is 10.2 Å². The summed E-state index contributed by atoms with van der Waals surface area (Å²) in [6, 6.07) is 6.67. The van der Waals surface area contributed by atoms with Crippen molar-refractivity contribution in [2.24, 2.45) is 0 Å². The molecule has 7 heteroatoms. The first-order valence-corrected chi connectivity index (χ1v) is 8.38. The van der Waals surface area contributed by atoms with Crippen molar-refractivity contribution < 1.29 is 9.59 Å². The second kappa shape index (κ2) is 7.06. The lowest BCUT2D eigenvalue weighted by Crippen LogP contribution is -2.45. The van der Waals surface area contributed by atoms with Crippen LogP contribution in [0.4, 0.5) is 0 Å². The van der Waals surface area contributed by atoms with Gasteiger partial charge in [-0.3, -0.25) is 9.59 Å². The average Bonchev–Trinajstić information content (AvgIpc) is 3.09. The van der Waals surface area contributed by atoms with E-state index >= 15 is 0 Å². The van der Waals surface area contributed by atoms with Crippen molar-refractivity contribution in [2.75, 3.05) is 7.05 Å². The molecule has 0 bridgehead atoms. The second-order valence-electron chi connectivity index (χ2n) is 4.57. The van der Waals surface area contributed by atoms with E-state index in [0.717, 1.165) is 4.88 Å². The Morgan fingerprint density at radius 1 is 1.38 bits per heavy atom. The van der Waals surface area contributed by atoms with Crippen molar-refractivity contribution in [3.63, 3.8) is 0 Å². The highest BCUT2D eigenvalue weighted by Crippen LogP contribution is 2.22. The molecular formula is C14H15ClN2O2S2. The number of thiophene rings is 2. The molecule has 0 radical (unpaired) electrons. The summed E-state index contributed by atoms with van der Waals surface area (Å²) in [6.07, 6.45) is 0. The maximum absolute atomic E-state index is 12.2. The minimum atomic E-state index is -0.569. The van der Waals surface area contributed by atoms with Gasteiger partial charge in [-0.2, -0.15) is 0 Å². The quantitative estimate of drug-likeness (QED) is 0.906. The molecule has 1 unspecified atom stereocenters. The van der Waals surface area contributed by atoms with Crippen LogP contribution in [-0.2, 0) is 11.3 Å². The van der Waals surface area contributed by atoms with E-state index in [9.17, 15) is 9.59 Å². The number of carbonyl (C=O) groups excluding carboxylic acids is 2. The number of hydrogen-bond acceptors (Lipinski definition) is 4. The van der Waals surface area contributed by atoms with Crippen LogP contribution in [-0.4, -0.2) is 29.8 Å². The van der Waals surface area contributed by atoms with Gasteiger partial charge in [-0.25, -0.2) is 0 Å². The summed E-state index contributed by atoms with van der Waals surface area (Å²) in [6.45, 7) is 2.17. The van der Waals surface area contributed by atoms with E-state index in [1.807, 2.05) is 17.5 Å². The van der Waals surface area contributed by atoms with Crippen LogP contribution in [0.2, 0.25) is 4.34 Å². The molecule has 0 fully saturated rings. The lowest BCUT2D eigenvalue weighted by molar-refractivity contribution is -0.132. The van der Waals surface area contributed by atoms with Crippen LogP contribution >= 0.6 is 34.3 Å². The van der Waals surface area contributed by atoms with Crippen LogP contribution in [0.15, 0.2) is 29.6 Å². The fourth-order valence-corrected chi connectivity index (χ4v) is 3.58. The van der Waals surface area contributed by atoms with Crippen molar-refractivity contribution >= 4 is 46.1 Å². The Bertz CT molecular complexity index is 625. The van der Waals surface area contributed by atoms with Crippen LogP contribution in [0.25, 0.3) is 0 Å². The number of nitrogens with one attached hydrogen (secondary N) is 1. The Morgan fingerprint density at radius 3 is 2.71 bits per heavy atom. The van der Waals surface area contributed by atoms with Crippen molar-refractivity contribution in [1.82, 2.24) is 10.2 Å². The number of rotatable bonds is 5. The maximum atomic E-state index is 12.2. The highest BCUT2D eigenvalue weighted by molar-refractivity contribution is 7.16. The molecule has 1 N–H and O–H groups in total. The summed E-state index contributed by atoms with van der Waals surface area (Å²) < 4.78 is 0.699. The van der Waals surface area contributed by atoms with Gasteiger partial charge in [0.05, 0.1) is 15.8 Å². The number of carbonyl (C=O) groups is 2. The fraction of sp³-hybridized carbons (Fsp3) is 0.286. The molecule has 2 aromatic heterocycles. The fourth-order valence-electron chi connectivity index (χ4n) is 1.82. The Hall–Kier alpha value is -1.37. The normalized spacial score (nSPS) is 12.0. The highest BCUT2D eigenvalue weighted by Gasteiger charge is 2.20. The molecule has 2 aromatic rings. The molecule has 21 heavy (non-hydrogen) atoms. The van der Waals surface area contributed by atoms with Crippen LogP contribution in [0, 0.1) is 0 Å². The van der Waals surface area contributed by atoms with Gasteiger partial charge in [-0.05, 0) is 30.5 Å². The van der Waals surface area contributed by atoms with E-state index < -0.39 is 6.04 Å². The molecule has 0 aliphatic carbocycles. The van der Waals surface area contributed by atoms with Gasteiger partial charge in [0.1, 0.15) is 6.04 Å². The summed E-state index contributed by atoms with van der Waals surface area (Å²) in [4.78, 5) is 27.4. The first kappa shape index (κ1) is 16.0. The smallest absolute Gasteiger partial charge is 0.261 e. The minimum Gasteiger partial charge on any atom is -0.340 e. The molecule has 4 nitrogen and oxygen atoms in total. The van der Waals surface area contributed by atoms with E-state index in [-0.39, 0.29) is 11.8 Å². The van der Waals surface area contributed by atoms with Gasteiger partial charge >= 0.3 is 0 Å². The van der Waals surface area contributed by atoms with Crippen LogP contribution in [0.1, 0.15) is 21.5 Å². The van der Waals surface area contributed by atoms with Crippen molar-refractivity contribution in [1.29, 1.82) is 0 Å². The third-order valence-electron chi connectivity index (χ3n) is 2.86. The van der Waals surface area contributed by atoms with Crippen LogP contribution in [0.3, 0.4) is 0 Å². The first-order valence-electron chi connectivity index (χ1n) is 6.31. The van der Waals surface area contributed by atoms with Crippen molar-refractivity contribution in [3.05, 3.63) is 43.7 Å². The Labute approximate surface area is 136 Å². The zero-order chi connectivity index (χ0) is 15.4. The number of halogens is 1. The lowest BCUT2D eigenvalue weighted by atomic mass is 10.2. The average molecular weight is 343 g/mol. The Kier molecular flexibility index (Phi) is 5.39. The van der Waals surface area contributed by atoms with E-state index in [4.69, 9.17) is 11.6 Å². The zero-order valence-electron chi connectivity index (χ0n) is 11.6. The SMILES string of the molecule is CC(NC(=O)c1cccs1)C(=O)N(C)Cc1ccc(Cl)s1. The molecule has 112 valence electrons. The van der Waals surface area contributed by atoms with Gasteiger partial charge in [-0.15, -0.1) is 22.7 Å². The monoisotopic (exact) mass is 342 g/mol. The predicted molar refractivity (Wildman–Crippen MR) is 87.1 cm³/mol. The molecule has 0 aliphatic heterocycles. The standard InChI is InChI=1S/C14H15ClN2O2S2/c1-9(16-13(18)11-4-3-7-20-11)14(19)17(2)8-10-5-6-12(15)21-10/h3-7,9H,8H2,1-2H3,(H,16,18). The van der Waals surface area contributed by atoms with Gasteiger partial charge in [0.25, 0.3) is 5.91 Å². The zero-order valence-corrected chi connectivity index (χ0v) is 14.0. The highest BCUT2D eigenvalue weighted by atomic mass is 35.5. The summed E-state index contributed by atoms with van der Waals surface area (Å²) in [7, 11) is 1.71. The minimum absolute atomic E-state index is 0.135.